The molecule has 0 aliphatic rings. The van der Waals surface area contributed by atoms with Gasteiger partial charge in [0.2, 0.25) is 6.10 Å². The van der Waals surface area contributed by atoms with Gasteiger partial charge in [-0.05, 0) is 67.8 Å². The van der Waals surface area contributed by atoms with E-state index in [2.05, 4.69) is 67.7 Å². The van der Waals surface area contributed by atoms with Gasteiger partial charge in [0.1, 0.15) is 17.7 Å². The molecule has 0 saturated carbocycles. The van der Waals surface area contributed by atoms with Crippen molar-refractivity contribution in [2.24, 2.45) is 0 Å². The Bertz CT molecular complexity index is 1050. The summed E-state index contributed by atoms with van der Waals surface area (Å²) in [4.78, 5) is 25.3. The largest absolute Gasteiger partial charge is 0.541 e. The van der Waals surface area contributed by atoms with Gasteiger partial charge >= 0.3 is 19.5 Å². The fourth-order valence-electron chi connectivity index (χ4n) is 3.09. The lowest BCUT2D eigenvalue weighted by atomic mass is 10.1. The van der Waals surface area contributed by atoms with Crippen LogP contribution in [0, 0.1) is 0 Å². The van der Waals surface area contributed by atoms with Crippen LogP contribution >= 0.6 is 7.60 Å². The number of hydrogen-bond donors (Lipinski definition) is 0. The van der Waals surface area contributed by atoms with Crippen molar-refractivity contribution in [3.63, 3.8) is 0 Å². The average molecular weight is 619 g/mol. The van der Waals surface area contributed by atoms with Gasteiger partial charge in [0.05, 0.1) is 20.3 Å². The lowest BCUT2D eigenvalue weighted by molar-refractivity contribution is -0.164. The summed E-state index contributed by atoms with van der Waals surface area (Å²) in [5, 5.41) is -0.0805. The summed E-state index contributed by atoms with van der Waals surface area (Å²) in [5.41, 5.74) is 0.692. The Labute approximate surface area is 243 Å². The highest BCUT2D eigenvalue weighted by molar-refractivity contribution is 7.54. The van der Waals surface area contributed by atoms with Crippen LogP contribution < -0.4 is 8.85 Å². The SMILES string of the molecule is CCOP(=O)(CC(=O)OC(Cc1ccc(O[Si](C)(C)C(C)(C)C)c(O[Si](C)(C)C(C)(C)C)c1)C(=O)OC)OCC. The van der Waals surface area contributed by atoms with Gasteiger partial charge < -0.3 is 27.4 Å². The van der Waals surface area contributed by atoms with E-state index in [1.54, 1.807) is 13.8 Å². The van der Waals surface area contributed by atoms with Crippen LogP contribution in [0.4, 0.5) is 0 Å². The highest BCUT2D eigenvalue weighted by Crippen LogP contribution is 2.48. The van der Waals surface area contributed by atoms with Gasteiger partial charge in [-0.2, -0.15) is 0 Å². The first-order chi connectivity index (χ1) is 18.1. The molecule has 0 heterocycles. The molecule has 1 aromatic carbocycles. The third kappa shape index (κ3) is 10.3. The molecule has 230 valence electrons. The average Bonchev–Trinajstić information content (AvgIpc) is 2.78. The second kappa shape index (κ2) is 14.0. The lowest BCUT2D eigenvalue weighted by Crippen LogP contribution is -2.45. The highest BCUT2D eigenvalue weighted by atomic mass is 31.2. The van der Waals surface area contributed by atoms with Crippen LogP contribution in [0.5, 0.6) is 11.5 Å². The standard InChI is InChI=1S/C28H51O9PSi2/c1-14-33-38(31,34-15-2)20-25(29)35-24(26(30)32-9)19-21-16-17-22(36-39(10,11)27(3,4)5)23(18-21)37-40(12,13)28(6,7)8/h16-18,24H,14-15,19-20H2,1-13H3. The molecule has 1 atom stereocenters. The number of benzene rings is 1. The molecule has 0 aromatic heterocycles. The molecule has 0 aliphatic heterocycles. The maximum Gasteiger partial charge on any atom is 0.347 e. The molecule has 0 spiro atoms. The second-order valence-corrected chi connectivity index (χ2v) is 24.3. The van der Waals surface area contributed by atoms with Crippen molar-refractivity contribution in [1.82, 2.24) is 0 Å². The van der Waals surface area contributed by atoms with E-state index in [1.165, 1.54) is 7.11 Å². The first-order valence-corrected chi connectivity index (χ1v) is 21.3. The van der Waals surface area contributed by atoms with Crippen molar-refractivity contribution < 1.29 is 41.5 Å². The zero-order valence-electron chi connectivity index (χ0n) is 26.8. The Morgan fingerprint density at radius 1 is 0.850 bits per heavy atom. The van der Waals surface area contributed by atoms with Crippen LogP contribution in [-0.2, 0) is 39.1 Å². The molecule has 40 heavy (non-hydrogen) atoms. The van der Waals surface area contributed by atoms with Gasteiger partial charge in [-0.15, -0.1) is 0 Å². The molecule has 0 radical (unpaired) electrons. The molecule has 0 fully saturated rings. The third-order valence-electron chi connectivity index (χ3n) is 7.48. The zero-order valence-corrected chi connectivity index (χ0v) is 29.7. The van der Waals surface area contributed by atoms with Gasteiger partial charge in [-0.3, -0.25) is 9.36 Å². The predicted molar refractivity (Wildman–Crippen MR) is 163 cm³/mol. The number of methoxy groups -OCH3 is 1. The number of carbonyl (C=O) groups is 2. The Morgan fingerprint density at radius 2 is 1.32 bits per heavy atom. The van der Waals surface area contributed by atoms with E-state index in [-0.39, 0.29) is 29.7 Å². The fourth-order valence-corrected chi connectivity index (χ4v) is 6.57. The van der Waals surface area contributed by atoms with E-state index < -0.39 is 48.4 Å². The molecule has 1 unspecified atom stereocenters. The van der Waals surface area contributed by atoms with Crippen molar-refractivity contribution in [2.45, 2.75) is 104 Å². The van der Waals surface area contributed by atoms with E-state index in [0.717, 1.165) is 0 Å². The number of carbonyl (C=O) groups excluding carboxylic acids is 2. The predicted octanol–water partition coefficient (Wildman–Crippen LogP) is 7.35. The Kier molecular flexibility index (Phi) is 12.7. The van der Waals surface area contributed by atoms with Crippen LogP contribution in [-0.4, -0.2) is 61.2 Å². The number of rotatable bonds is 14. The number of esters is 2. The van der Waals surface area contributed by atoms with Crippen LogP contribution in [0.2, 0.25) is 36.3 Å². The first-order valence-electron chi connectivity index (χ1n) is 13.8. The zero-order chi connectivity index (χ0) is 31.2. The van der Waals surface area contributed by atoms with Gasteiger partial charge in [-0.1, -0.05) is 47.6 Å². The van der Waals surface area contributed by atoms with Gasteiger partial charge in [-0.25, -0.2) is 4.79 Å². The molecule has 0 aliphatic carbocycles. The molecule has 1 rings (SSSR count). The van der Waals surface area contributed by atoms with Crippen LogP contribution in [0.3, 0.4) is 0 Å². The number of ether oxygens (including phenoxy) is 2. The molecular weight excluding hydrogens is 567 g/mol. The van der Waals surface area contributed by atoms with Crippen molar-refractivity contribution in [3.8, 4) is 11.5 Å². The van der Waals surface area contributed by atoms with Gasteiger partial charge in [0.15, 0.2) is 0 Å². The summed E-state index contributed by atoms with van der Waals surface area (Å²) in [6.45, 7) is 25.2. The molecular formula is C28H51O9PSi2. The molecule has 0 saturated heterocycles. The fraction of sp³-hybridized carbons (Fsp3) is 0.714. The van der Waals surface area contributed by atoms with E-state index in [0.29, 0.717) is 17.1 Å². The van der Waals surface area contributed by atoms with Crippen molar-refractivity contribution in [2.75, 3.05) is 26.5 Å². The Hall–Kier alpha value is -1.66. The monoisotopic (exact) mass is 618 g/mol. The van der Waals surface area contributed by atoms with E-state index in [1.807, 2.05) is 18.2 Å². The second-order valence-electron chi connectivity index (χ2n) is 12.8. The summed E-state index contributed by atoms with van der Waals surface area (Å²) < 4.78 is 46.9. The summed E-state index contributed by atoms with van der Waals surface area (Å²) in [7, 11) is -6.92. The van der Waals surface area contributed by atoms with E-state index in [9.17, 15) is 14.2 Å². The maximum absolute atomic E-state index is 12.8. The summed E-state index contributed by atoms with van der Waals surface area (Å²) in [5.74, 6) is -0.358. The number of hydrogen-bond acceptors (Lipinski definition) is 9. The van der Waals surface area contributed by atoms with Crippen LogP contribution in [0.1, 0.15) is 61.0 Å². The minimum atomic E-state index is -3.70. The van der Waals surface area contributed by atoms with Gasteiger partial charge in [0.25, 0.3) is 16.6 Å². The molecule has 12 heteroatoms. The molecule has 9 nitrogen and oxygen atoms in total. The quantitative estimate of drug-likeness (QED) is 0.120. The van der Waals surface area contributed by atoms with E-state index in [4.69, 9.17) is 27.4 Å². The van der Waals surface area contributed by atoms with Crippen molar-refractivity contribution in [1.29, 1.82) is 0 Å². The molecule has 0 amide bonds. The Morgan fingerprint density at radius 3 is 1.75 bits per heavy atom. The highest BCUT2D eigenvalue weighted by Gasteiger charge is 2.42. The summed E-state index contributed by atoms with van der Waals surface area (Å²) in [6, 6.07) is 5.53. The third-order valence-corrected chi connectivity index (χ3v) is 18.1. The molecule has 1 aromatic rings. The van der Waals surface area contributed by atoms with Crippen LogP contribution in [0.15, 0.2) is 18.2 Å². The summed E-state index contributed by atoms with van der Waals surface area (Å²) in [6.07, 6.45) is -1.84. The maximum atomic E-state index is 12.8. The summed E-state index contributed by atoms with van der Waals surface area (Å²) >= 11 is 0. The minimum absolute atomic E-state index is 0.0213. The van der Waals surface area contributed by atoms with Crippen molar-refractivity contribution >= 4 is 36.2 Å². The van der Waals surface area contributed by atoms with Crippen LogP contribution in [0.25, 0.3) is 0 Å². The normalized spacial score (nSPS) is 13.9. The minimum Gasteiger partial charge on any atom is -0.541 e. The molecule has 0 N–H and O–H groups in total. The smallest absolute Gasteiger partial charge is 0.347 e. The Balaban J connectivity index is 3.41. The molecule has 0 bridgehead atoms. The van der Waals surface area contributed by atoms with Crippen molar-refractivity contribution in [3.05, 3.63) is 23.8 Å². The lowest BCUT2D eigenvalue weighted by Gasteiger charge is -2.39. The topological polar surface area (TPSA) is 107 Å². The van der Waals surface area contributed by atoms with E-state index >= 15 is 0 Å². The van der Waals surface area contributed by atoms with Gasteiger partial charge in [0, 0.05) is 6.42 Å². The first kappa shape index (κ1) is 36.4.